The summed E-state index contributed by atoms with van der Waals surface area (Å²) < 4.78 is 10.8. The molecule has 23 heavy (non-hydrogen) atoms. The Morgan fingerprint density at radius 3 is 2.65 bits per heavy atom. The molecule has 0 amide bonds. The lowest BCUT2D eigenvalue weighted by atomic mass is 10.2. The maximum atomic E-state index is 10.4. The summed E-state index contributed by atoms with van der Waals surface area (Å²) in [5.74, 6) is 0.574. The van der Waals surface area contributed by atoms with E-state index in [1.54, 1.807) is 0 Å². The molecular weight excluding hydrogens is 296 g/mol. The lowest BCUT2D eigenvalue weighted by Crippen LogP contribution is -2.48. The highest BCUT2D eigenvalue weighted by Crippen LogP contribution is 2.25. The molecule has 2 saturated heterocycles. The quantitative estimate of drug-likeness (QED) is 0.889. The molecule has 0 aliphatic carbocycles. The summed E-state index contributed by atoms with van der Waals surface area (Å²) in [4.78, 5) is 8.71. The average Bonchev–Trinajstić information content (AvgIpc) is 3.23. The Kier molecular flexibility index (Phi) is 3.99. The highest BCUT2D eigenvalue weighted by Gasteiger charge is 2.38. The van der Waals surface area contributed by atoms with Gasteiger partial charge in [-0.25, -0.2) is 0 Å². The molecule has 7 heteroatoms. The number of hydrogen-bond donors (Lipinski definition) is 1. The molecule has 7 nitrogen and oxygen atoms in total. The number of rotatable bonds is 3. The molecule has 2 aromatic rings. The third kappa shape index (κ3) is 2.95. The molecule has 0 spiro atoms. The number of aliphatic hydroxyl groups excluding tert-OH is 1. The predicted octanol–water partition coefficient (Wildman–Crippen LogP) is 0.618. The van der Waals surface area contributed by atoms with Crippen LogP contribution in [0.2, 0.25) is 0 Å². The van der Waals surface area contributed by atoms with E-state index in [2.05, 4.69) is 15.0 Å². The van der Waals surface area contributed by atoms with Crippen LogP contribution < -0.4 is 4.90 Å². The van der Waals surface area contributed by atoms with Crippen molar-refractivity contribution in [3.05, 3.63) is 30.3 Å². The van der Waals surface area contributed by atoms with Gasteiger partial charge in [0, 0.05) is 25.2 Å². The predicted molar refractivity (Wildman–Crippen MR) is 84.1 cm³/mol. The Hall–Kier alpha value is -1.96. The first kappa shape index (κ1) is 14.6. The fourth-order valence-electron chi connectivity index (χ4n) is 3.24. The van der Waals surface area contributed by atoms with Gasteiger partial charge in [-0.05, 0) is 0 Å². The number of aliphatic hydroxyl groups is 1. The topological polar surface area (TPSA) is 74.9 Å². The van der Waals surface area contributed by atoms with Crippen molar-refractivity contribution in [2.24, 2.45) is 0 Å². The standard InChI is InChI=1S/C16H20N4O3/c21-14-11-20(10-13(14)19-6-8-22-9-7-19)16-17-15(18-23-16)12-4-2-1-3-5-12/h1-5,13-14,21H,6-11H2/t13-,14-/m1/s1. The second kappa shape index (κ2) is 6.27. The van der Waals surface area contributed by atoms with E-state index in [9.17, 15) is 5.11 Å². The lowest BCUT2D eigenvalue weighted by Gasteiger charge is -2.33. The summed E-state index contributed by atoms with van der Waals surface area (Å²) >= 11 is 0. The fraction of sp³-hybridized carbons (Fsp3) is 0.500. The Morgan fingerprint density at radius 2 is 1.87 bits per heavy atom. The van der Waals surface area contributed by atoms with Crippen molar-refractivity contribution in [1.82, 2.24) is 15.0 Å². The first-order chi connectivity index (χ1) is 11.3. The van der Waals surface area contributed by atoms with E-state index in [1.807, 2.05) is 35.2 Å². The van der Waals surface area contributed by atoms with Crippen LogP contribution in [0.25, 0.3) is 11.4 Å². The molecule has 3 heterocycles. The van der Waals surface area contributed by atoms with Crippen LogP contribution in [0.15, 0.2) is 34.9 Å². The van der Waals surface area contributed by atoms with Crippen LogP contribution in [0.4, 0.5) is 6.01 Å². The Bertz CT molecular complexity index is 642. The second-order valence-corrected chi connectivity index (χ2v) is 5.95. The molecule has 0 bridgehead atoms. The smallest absolute Gasteiger partial charge is 0.324 e. The van der Waals surface area contributed by atoms with E-state index in [0.717, 1.165) is 31.9 Å². The number of ether oxygens (including phenoxy) is 1. The van der Waals surface area contributed by atoms with Gasteiger partial charge in [0.05, 0.1) is 31.9 Å². The van der Waals surface area contributed by atoms with E-state index in [-0.39, 0.29) is 6.04 Å². The highest BCUT2D eigenvalue weighted by atomic mass is 16.5. The molecule has 1 N–H and O–H groups in total. The van der Waals surface area contributed by atoms with Gasteiger partial charge in [0.2, 0.25) is 5.82 Å². The monoisotopic (exact) mass is 316 g/mol. The number of aromatic nitrogens is 2. The zero-order valence-electron chi connectivity index (χ0n) is 12.8. The van der Waals surface area contributed by atoms with Gasteiger partial charge in [-0.2, -0.15) is 4.98 Å². The molecule has 1 aromatic heterocycles. The highest BCUT2D eigenvalue weighted by molar-refractivity contribution is 5.55. The van der Waals surface area contributed by atoms with Gasteiger partial charge in [-0.15, -0.1) is 0 Å². The number of anilines is 1. The minimum atomic E-state index is -0.417. The molecule has 2 atom stereocenters. The third-order valence-electron chi connectivity index (χ3n) is 4.49. The van der Waals surface area contributed by atoms with Gasteiger partial charge >= 0.3 is 6.01 Å². The van der Waals surface area contributed by atoms with Gasteiger partial charge in [-0.3, -0.25) is 4.90 Å². The second-order valence-electron chi connectivity index (χ2n) is 5.95. The summed E-state index contributed by atoms with van der Waals surface area (Å²) in [6, 6.07) is 10.3. The fourth-order valence-corrected chi connectivity index (χ4v) is 3.24. The Balaban J connectivity index is 1.48. The minimum Gasteiger partial charge on any atom is -0.390 e. The van der Waals surface area contributed by atoms with Gasteiger partial charge in [-0.1, -0.05) is 35.5 Å². The van der Waals surface area contributed by atoms with Crippen molar-refractivity contribution in [3.63, 3.8) is 0 Å². The van der Waals surface area contributed by atoms with Crippen LogP contribution in [0.5, 0.6) is 0 Å². The van der Waals surface area contributed by atoms with E-state index >= 15 is 0 Å². The Labute approximate surface area is 134 Å². The number of morpholine rings is 1. The van der Waals surface area contributed by atoms with Crippen molar-refractivity contribution >= 4 is 6.01 Å². The normalized spacial score (nSPS) is 25.9. The van der Waals surface area contributed by atoms with E-state index in [4.69, 9.17) is 9.26 Å². The third-order valence-corrected chi connectivity index (χ3v) is 4.49. The van der Waals surface area contributed by atoms with Crippen LogP contribution in [0.3, 0.4) is 0 Å². The van der Waals surface area contributed by atoms with Crippen LogP contribution >= 0.6 is 0 Å². The zero-order chi connectivity index (χ0) is 15.6. The maximum Gasteiger partial charge on any atom is 0.324 e. The molecule has 0 saturated carbocycles. The van der Waals surface area contributed by atoms with E-state index < -0.39 is 6.10 Å². The molecule has 2 aliphatic rings. The molecule has 0 unspecified atom stereocenters. The van der Waals surface area contributed by atoms with Gasteiger partial charge < -0.3 is 19.3 Å². The van der Waals surface area contributed by atoms with E-state index in [1.165, 1.54) is 0 Å². The zero-order valence-corrected chi connectivity index (χ0v) is 12.8. The van der Waals surface area contributed by atoms with Crippen molar-refractivity contribution < 1.29 is 14.4 Å². The number of nitrogens with zero attached hydrogens (tertiary/aromatic N) is 4. The molecule has 1 aromatic carbocycles. The van der Waals surface area contributed by atoms with Crippen molar-refractivity contribution in [1.29, 1.82) is 0 Å². The molecular formula is C16H20N4O3. The van der Waals surface area contributed by atoms with Gasteiger partial charge in [0.15, 0.2) is 0 Å². The van der Waals surface area contributed by atoms with Crippen LogP contribution in [0.1, 0.15) is 0 Å². The number of hydrogen-bond acceptors (Lipinski definition) is 7. The summed E-state index contributed by atoms with van der Waals surface area (Å²) in [6.07, 6.45) is -0.417. The SMILES string of the molecule is O[C@@H]1CN(c2nc(-c3ccccc3)no2)C[C@H]1N1CCOCC1. The minimum absolute atomic E-state index is 0.0889. The molecule has 4 rings (SSSR count). The van der Waals surface area contributed by atoms with Crippen molar-refractivity contribution in [2.45, 2.75) is 12.1 Å². The first-order valence-electron chi connectivity index (χ1n) is 7.95. The lowest BCUT2D eigenvalue weighted by molar-refractivity contribution is -0.00589. The summed E-state index contributed by atoms with van der Waals surface area (Å²) in [6.45, 7) is 4.36. The Morgan fingerprint density at radius 1 is 1.09 bits per heavy atom. The summed E-state index contributed by atoms with van der Waals surface area (Å²) in [5.41, 5.74) is 0.923. The van der Waals surface area contributed by atoms with Crippen LogP contribution in [-0.4, -0.2) is 71.7 Å². The van der Waals surface area contributed by atoms with Gasteiger partial charge in [0.25, 0.3) is 0 Å². The van der Waals surface area contributed by atoms with Crippen molar-refractivity contribution in [2.75, 3.05) is 44.3 Å². The van der Waals surface area contributed by atoms with Crippen molar-refractivity contribution in [3.8, 4) is 11.4 Å². The largest absolute Gasteiger partial charge is 0.390 e. The summed E-state index contributed by atoms with van der Waals surface area (Å²) in [5, 5.41) is 14.4. The number of benzene rings is 1. The van der Waals surface area contributed by atoms with Crippen LogP contribution in [-0.2, 0) is 4.74 Å². The summed E-state index contributed by atoms with van der Waals surface area (Å²) in [7, 11) is 0. The molecule has 2 aliphatic heterocycles. The first-order valence-corrected chi connectivity index (χ1v) is 7.95. The maximum absolute atomic E-state index is 10.4. The van der Waals surface area contributed by atoms with Crippen LogP contribution in [0, 0.1) is 0 Å². The molecule has 0 radical (unpaired) electrons. The molecule has 2 fully saturated rings. The molecule has 122 valence electrons. The van der Waals surface area contributed by atoms with Gasteiger partial charge in [0.1, 0.15) is 0 Å². The van der Waals surface area contributed by atoms with E-state index in [0.29, 0.717) is 24.9 Å². The average molecular weight is 316 g/mol. The number of β-amino-alcohol motifs (C(OH)–C–C–N with tert-alkyl or cyclic N) is 1.